The van der Waals surface area contributed by atoms with Gasteiger partial charge < -0.3 is 9.64 Å². The summed E-state index contributed by atoms with van der Waals surface area (Å²) in [5.74, 6) is -0.0628. The Morgan fingerprint density at radius 1 is 1.28 bits per heavy atom. The molecular formula is C18H28N2O4S. The lowest BCUT2D eigenvalue weighted by atomic mass is 10.2. The minimum atomic E-state index is -3.59. The van der Waals surface area contributed by atoms with Crippen LogP contribution < -0.4 is 4.72 Å². The van der Waals surface area contributed by atoms with E-state index in [1.807, 2.05) is 6.92 Å². The van der Waals surface area contributed by atoms with Gasteiger partial charge in [-0.2, -0.15) is 0 Å². The fourth-order valence-electron chi connectivity index (χ4n) is 2.80. The predicted molar refractivity (Wildman–Crippen MR) is 97.1 cm³/mol. The van der Waals surface area contributed by atoms with Gasteiger partial charge in [-0.3, -0.25) is 4.79 Å². The van der Waals surface area contributed by atoms with E-state index in [0.717, 1.165) is 32.2 Å². The Morgan fingerprint density at radius 2 is 2.00 bits per heavy atom. The number of hydrogen-bond donors (Lipinski definition) is 1. The van der Waals surface area contributed by atoms with Crippen molar-refractivity contribution in [1.82, 2.24) is 9.62 Å². The molecule has 6 nitrogen and oxygen atoms in total. The van der Waals surface area contributed by atoms with Crippen molar-refractivity contribution in [1.29, 1.82) is 0 Å². The van der Waals surface area contributed by atoms with Crippen LogP contribution in [0.4, 0.5) is 0 Å². The van der Waals surface area contributed by atoms with Crippen molar-refractivity contribution < 1.29 is 17.9 Å². The fourth-order valence-corrected chi connectivity index (χ4v) is 3.87. The highest BCUT2D eigenvalue weighted by atomic mass is 32.2. The molecule has 1 aliphatic heterocycles. The van der Waals surface area contributed by atoms with Crippen molar-refractivity contribution in [3.63, 3.8) is 0 Å². The van der Waals surface area contributed by atoms with E-state index >= 15 is 0 Å². The Hall–Kier alpha value is -1.44. The van der Waals surface area contributed by atoms with Gasteiger partial charge in [-0.05, 0) is 50.5 Å². The van der Waals surface area contributed by atoms with Gasteiger partial charge in [-0.25, -0.2) is 13.1 Å². The van der Waals surface area contributed by atoms with E-state index in [0.29, 0.717) is 18.7 Å². The smallest absolute Gasteiger partial charge is 0.253 e. The van der Waals surface area contributed by atoms with Gasteiger partial charge >= 0.3 is 0 Å². The molecular weight excluding hydrogens is 340 g/mol. The van der Waals surface area contributed by atoms with E-state index in [1.54, 1.807) is 17.0 Å². The van der Waals surface area contributed by atoms with Crippen molar-refractivity contribution in [2.24, 2.45) is 0 Å². The number of nitrogens with zero attached hydrogens (tertiary/aromatic N) is 1. The van der Waals surface area contributed by atoms with Crippen LogP contribution in [-0.4, -0.2) is 51.6 Å². The second-order valence-electron chi connectivity index (χ2n) is 6.25. The maximum atomic E-state index is 12.5. The molecule has 1 unspecified atom stereocenters. The fraction of sp³-hybridized carbons (Fsp3) is 0.611. The number of carbonyl (C=O) groups excluding carboxylic acids is 1. The molecule has 1 N–H and O–H groups in total. The van der Waals surface area contributed by atoms with Crippen LogP contribution in [0.3, 0.4) is 0 Å². The molecule has 0 bridgehead atoms. The number of ether oxygens (including phenoxy) is 1. The number of sulfonamides is 1. The average molecular weight is 368 g/mol. The molecule has 0 radical (unpaired) electrons. The standard InChI is InChI=1S/C18H28N2O4S/c1-3-5-12-20(4-2)18(21)15-8-10-17(11-9-15)25(22,23)19-14-16-7-6-13-24-16/h8-11,16,19H,3-7,12-14H2,1-2H3. The Labute approximate surface area is 150 Å². The molecule has 1 fully saturated rings. The summed E-state index contributed by atoms with van der Waals surface area (Å²) in [6.07, 6.45) is 3.78. The number of nitrogens with one attached hydrogen (secondary N) is 1. The van der Waals surface area contributed by atoms with Gasteiger partial charge in [0.25, 0.3) is 5.91 Å². The Bertz CT molecular complexity index is 652. The largest absolute Gasteiger partial charge is 0.377 e. The highest BCUT2D eigenvalue weighted by Gasteiger charge is 2.21. The number of unbranched alkanes of at least 4 members (excludes halogenated alkanes) is 1. The van der Waals surface area contributed by atoms with E-state index in [2.05, 4.69) is 11.6 Å². The molecule has 1 aromatic rings. The van der Waals surface area contributed by atoms with Crippen molar-refractivity contribution in [2.75, 3.05) is 26.2 Å². The molecule has 1 saturated heterocycles. The zero-order valence-electron chi connectivity index (χ0n) is 15.0. The number of hydrogen-bond acceptors (Lipinski definition) is 4. The third kappa shape index (κ3) is 5.52. The second-order valence-corrected chi connectivity index (χ2v) is 8.02. The third-order valence-corrected chi connectivity index (χ3v) is 5.83. The first-order chi connectivity index (χ1) is 12.0. The average Bonchev–Trinajstić information content (AvgIpc) is 3.14. The molecule has 25 heavy (non-hydrogen) atoms. The molecule has 0 saturated carbocycles. The minimum Gasteiger partial charge on any atom is -0.377 e. The molecule has 1 atom stereocenters. The van der Waals surface area contributed by atoms with Crippen LogP contribution in [0.1, 0.15) is 49.9 Å². The van der Waals surface area contributed by atoms with E-state index in [4.69, 9.17) is 4.74 Å². The summed E-state index contributed by atoms with van der Waals surface area (Å²) in [5.41, 5.74) is 0.510. The monoisotopic (exact) mass is 368 g/mol. The lowest BCUT2D eigenvalue weighted by molar-refractivity contribution is 0.0762. The van der Waals surface area contributed by atoms with Gasteiger partial charge in [0.05, 0.1) is 11.0 Å². The molecule has 1 heterocycles. The lowest BCUT2D eigenvalue weighted by Gasteiger charge is -2.20. The van der Waals surface area contributed by atoms with Crippen molar-refractivity contribution in [3.8, 4) is 0 Å². The first kappa shape index (κ1) is 19.9. The molecule has 2 rings (SSSR count). The Morgan fingerprint density at radius 3 is 2.56 bits per heavy atom. The van der Waals surface area contributed by atoms with E-state index in [1.165, 1.54) is 12.1 Å². The van der Waals surface area contributed by atoms with Gasteiger partial charge in [-0.15, -0.1) is 0 Å². The number of carbonyl (C=O) groups is 1. The van der Waals surface area contributed by atoms with Crippen LogP contribution in [0.25, 0.3) is 0 Å². The summed E-state index contributed by atoms with van der Waals surface area (Å²) in [6, 6.07) is 6.13. The molecule has 140 valence electrons. The highest BCUT2D eigenvalue weighted by Crippen LogP contribution is 2.15. The summed E-state index contributed by atoms with van der Waals surface area (Å²) in [6.45, 7) is 6.36. The van der Waals surface area contributed by atoms with Gasteiger partial charge in [0.15, 0.2) is 0 Å². The zero-order valence-corrected chi connectivity index (χ0v) is 15.8. The summed E-state index contributed by atoms with van der Waals surface area (Å²) in [5, 5.41) is 0. The van der Waals surface area contributed by atoms with Crippen molar-refractivity contribution >= 4 is 15.9 Å². The molecule has 1 aliphatic rings. The molecule has 0 spiro atoms. The van der Waals surface area contributed by atoms with Crippen LogP contribution in [-0.2, 0) is 14.8 Å². The summed E-state index contributed by atoms with van der Waals surface area (Å²) >= 11 is 0. The zero-order chi connectivity index (χ0) is 18.3. The number of amides is 1. The molecule has 0 aromatic heterocycles. The van der Waals surface area contributed by atoms with Gasteiger partial charge in [-0.1, -0.05) is 13.3 Å². The first-order valence-electron chi connectivity index (χ1n) is 8.98. The van der Waals surface area contributed by atoms with Crippen LogP contribution in [0.15, 0.2) is 29.2 Å². The van der Waals surface area contributed by atoms with Gasteiger partial charge in [0, 0.05) is 31.8 Å². The maximum absolute atomic E-state index is 12.5. The normalized spacial score (nSPS) is 17.6. The molecule has 0 aliphatic carbocycles. The Kier molecular flexibility index (Phi) is 7.40. The van der Waals surface area contributed by atoms with Crippen LogP contribution >= 0.6 is 0 Å². The SMILES string of the molecule is CCCCN(CC)C(=O)c1ccc(S(=O)(=O)NCC2CCCO2)cc1. The first-order valence-corrected chi connectivity index (χ1v) is 10.5. The quantitative estimate of drug-likeness (QED) is 0.726. The third-order valence-electron chi connectivity index (χ3n) is 4.39. The van der Waals surface area contributed by atoms with Gasteiger partial charge in [0.1, 0.15) is 0 Å². The van der Waals surface area contributed by atoms with Crippen LogP contribution in [0.5, 0.6) is 0 Å². The summed E-state index contributed by atoms with van der Waals surface area (Å²) in [7, 11) is -3.59. The van der Waals surface area contributed by atoms with Crippen LogP contribution in [0, 0.1) is 0 Å². The number of benzene rings is 1. The molecule has 7 heteroatoms. The van der Waals surface area contributed by atoms with E-state index in [-0.39, 0.29) is 23.5 Å². The van der Waals surface area contributed by atoms with Crippen LogP contribution in [0.2, 0.25) is 0 Å². The maximum Gasteiger partial charge on any atom is 0.253 e. The minimum absolute atomic E-state index is 0.0488. The topological polar surface area (TPSA) is 75.7 Å². The molecule has 1 amide bonds. The Balaban J connectivity index is 2.00. The lowest BCUT2D eigenvalue weighted by Crippen LogP contribution is -2.32. The van der Waals surface area contributed by atoms with Crippen molar-refractivity contribution in [2.45, 2.75) is 50.5 Å². The summed E-state index contributed by atoms with van der Waals surface area (Å²) in [4.78, 5) is 14.4. The summed E-state index contributed by atoms with van der Waals surface area (Å²) < 4.78 is 32.7. The predicted octanol–water partition coefficient (Wildman–Crippen LogP) is 2.41. The second kappa shape index (κ2) is 9.31. The number of rotatable bonds is 9. The highest BCUT2D eigenvalue weighted by molar-refractivity contribution is 7.89. The van der Waals surface area contributed by atoms with E-state index < -0.39 is 10.0 Å². The van der Waals surface area contributed by atoms with Gasteiger partial charge in [0.2, 0.25) is 10.0 Å². The van der Waals surface area contributed by atoms with Crippen molar-refractivity contribution in [3.05, 3.63) is 29.8 Å². The van der Waals surface area contributed by atoms with E-state index in [9.17, 15) is 13.2 Å². The molecule has 1 aromatic carbocycles.